The Morgan fingerprint density at radius 1 is 1.09 bits per heavy atom. The maximum absolute atomic E-state index is 13.6. The van der Waals surface area contributed by atoms with Gasteiger partial charge in [-0.15, -0.1) is 0 Å². The molecule has 0 bridgehead atoms. The molecule has 2 N–H and O–H groups in total. The van der Waals surface area contributed by atoms with Crippen LogP contribution in [0.4, 0.5) is 0 Å². The van der Waals surface area contributed by atoms with E-state index in [-0.39, 0.29) is 35.4 Å². The summed E-state index contributed by atoms with van der Waals surface area (Å²) < 4.78 is 0. The lowest BCUT2D eigenvalue weighted by atomic mass is 9.84. The molecule has 0 aromatic carbocycles. The second-order valence-corrected chi connectivity index (χ2v) is 11.0. The normalized spacial score (nSPS) is 22.8. The summed E-state index contributed by atoms with van der Waals surface area (Å²) in [6.07, 6.45) is 8.15. The third-order valence-electron chi connectivity index (χ3n) is 7.03. The third-order valence-corrected chi connectivity index (χ3v) is 7.03. The minimum Gasteiger partial charge on any atom is -0.478 e. The van der Waals surface area contributed by atoms with Gasteiger partial charge in [0.15, 0.2) is 0 Å². The number of carboxylic acids is 1. The first-order chi connectivity index (χ1) is 14.8. The fraction of sp³-hybridized carbons (Fsp3) is 0.800. The Morgan fingerprint density at radius 2 is 1.72 bits per heavy atom. The highest BCUT2D eigenvalue weighted by atomic mass is 16.4. The molecule has 1 heterocycles. The molecule has 1 aliphatic carbocycles. The Bertz CT molecular complexity index is 721. The molecule has 32 heavy (non-hydrogen) atoms. The van der Waals surface area contributed by atoms with E-state index in [2.05, 4.69) is 10.2 Å². The van der Waals surface area contributed by atoms with E-state index in [1.54, 1.807) is 18.0 Å². The van der Waals surface area contributed by atoms with Crippen molar-refractivity contribution in [3.8, 4) is 0 Å². The molecule has 0 radical (unpaired) electrons. The Kier molecular flexibility index (Phi) is 8.91. The summed E-state index contributed by atoms with van der Waals surface area (Å²) in [5, 5.41) is 12.4. The van der Waals surface area contributed by atoms with Crippen molar-refractivity contribution in [3.05, 3.63) is 11.6 Å². The van der Waals surface area contributed by atoms with Crippen LogP contribution < -0.4 is 5.32 Å². The highest BCUT2D eigenvalue weighted by Crippen LogP contribution is 2.31. The van der Waals surface area contributed by atoms with Crippen molar-refractivity contribution in [2.24, 2.45) is 11.3 Å². The topological polar surface area (TPSA) is 90.0 Å². The van der Waals surface area contributed by atoms with Gasteiger partial charge < -0.3 is 15.3 Å². The van der Waals surface area contributed by atoms with Crippen LogP contribution in [0, 0.1) is 11.3 Å². The highest BCUT2D eigenvalue weighted by Gasteiger charge is 2.41. The van der Waals surface area contributed by atoms with Crippen LogP contribution in [0.15, 0.2) is 11.6 Å². The van der Waals surface area contributed by atoms with Crippen LogP contribution in [0.5, 0.6) is 0 Å². The minimum atomic E-state index is -0.995. The molecule has 0 spiro atoms. The number of likely N-dealkylation sites (tertiary alicyclic amines) is 1. The van der Waals surface area contributed by atoms with Crippen molar-refractivity contribution < 1.29 is 19.5 Å². The fourth-order valence-corrected chi connectivity index (χ4v) is 4.71. The number of carbonyl (C=O) groups excluding carboxylic acids is 2. The van der Waals surface area contributed by atoms with Crippen LogP contribution in [-0.4, -0.2) is 70.4 Å². The predicted octanol–water partition coefficient (Wildman–Crippen LogP) is 3.44. The molecule has 1 saturated heterocycles. The molecular weight excluding hydrogens is 406 g/mol. The zero-order valence-corrected chi connectivity index (χ0v) is 21.0. The lowest BCUT2D eigenvalue weighted by Gasteiger charge is -2.45. The van der Waals surface area contributed by atoms with Crippen LogP contribution >= 0.6 is 0 Å². The predicted molar refractivity (Wildman–Crippen MR) is 126 cm³/mol. The van der Waals surface area contributed by atoms with Crippen molar-refractivity contribution in [3.63, 3.8) is 0 Å². The van der Waals surface area contributed by atoms with Crippen molar-refractivity contribution in [1.29, 1.82) is 0 Å². The summed E-state index contributed by atoms with van der Waals surface area (Å²) in [5.74, 6) is -1.21. The van der Waals surface area contributed by atoms with Crippen LogP contribution in [0.25, 0.3) is 0 Å². The first-order valence-corrected chi connectivity index (χ1v) is 12.1. The summed E-state index contributed by atoms with van der Waals surface area (Å²) >= 11 is 0. The molecule has 2 rings (SSSR count). The monoisotopic (exact) mass is 449 g/mol. The van der Waals surface area contributed by atoms with E-state index in [1.165, 1.54) is 13.3 Å². The van der Waals surface area contributed by atoms with Gasteiger partial charge in [-0.2, -0.15) is 0 Å². The number of carboxylic acid groups (broad SMARTS) is 1. The van der Waals surface area contributed by atoms with Gasteiger partial charge in [-0.05, 0) is 50.5 Å². The molecular formula is C25H43N3O4. The number of piperidine rings is 1. The molecule has 3 atom stereocenters. The summed E-state index contributed by atoms with van der Waals surface area (Å²) in [6.45, 7) is 12.3. The van der Waals surface area contributed by atoms with Gasteiger partial charge in [0.05, 0.1) is 12.1 Å². The molecule has 0 aromatic heterocycles. The number of amides is 2. The molecule has 7 heteroatoms. The summed E-state index contributed by atoms with van der Waals surface area (Å²) in [7, 11) is 1.70. The molecule has 182 valence electrons. The largest absolute Gasteiger partial charge is 0.478 e. The summed E-state index contributed by atoms with van der Waals surface area (Å²) in [5.41, 5.74) is -0.276. The van der Waals surface area contributed by atoms with Crippen LogP contribution in [-0.2, 0) is 14.4 Å². The van der Waals surface area contributed by atoms with E-state index in [9.17, 15) is 19.5 Å². The van der Waals surface area contributed by atoms with E-state index < -0.39 is 17.4 Å². The highest BCUT2D eigenvalue weighted by molar-refractivity contribution is 5.91. The Hall–Kier alpha value is -1.89. The number of aliphatic carboxylic acids is 1. The molecule has 1 aliphatic heterocycles. The molecule has 2 fully saturated rings. The maximum atomic E-state index is 13.6. The average molecular weight is 450 g/mol. The second-order valence-electron chi connectivity index (χ2n) is 11.0. The first kappa shape index (κ1) is 26.4. The second kappa shape index (κ2) is 10.8. The zero-order valence-electron chi connectivity index (χ0n) is 21.0. The van der Waals surface area contributed by atoms with Crippen LogP contribution in [0.3, 0.4) is 0 Å². The molecule has 0 unspecified atom stereocenters. The number of hydrogen-bond acceptors (Lipinski definition) is 4. The Morgan fingerprint density at radius 3 is 2.19 bits per heavy atom. The number of nitrogens with zero attached hydrogens (tertiary/aromatic N) is 2. The summed E-state index contributed by atoms with van der Waals surface area (Å²) in [6, 6.07) is -0.745. The number of rotatable bonds is 8. The average Bonchev–Trinajstić information content (AvgIpc) is 2.66. The van der Waals surface area contributed by atoms with E-state index >= 15 is 0 Å². The summed E-state index contributed by atoms with van der Waals surface area (Å²) in [4.78, 5) is 42.3. The number of nitrogens with one attached hydrogen (secondary N) is 1. The molecule has 1 saturated carbocycles. The number of hydrogen-bond donors (Lipinski definition) is 2. The quantitative estimate of drug-likeness (QED) is 0.554. The van der Waals surface area contributed by atoms with Crippen molar-refractivity contribution >= 4 is 17.8 Å². The fourth-order valence-electron chi connectivity index (χ4n) is 4.71. The Labute approximate surface area is 193 Å². The SMILES string of the molecule is CC(=C[C@H](C(C)C)N(C)C(=O)[C@@H](NC(=O)[C@H]1CCCCN1C1CCC1)C(C)(C)C)C(=O)O. The van der Waals surface area contributed by atoms with Gasteiger partial charge in [0.2, 0.25) is 11.8 Å². The van der Waals surface area contributed by atoms with E-state index in [1.807, 2.05) is 34.6 Å². The minimum absolute atomic E-state index is 0.0297. The van der Waals surface area contributed by atoms with Gasteiger partial charge in [-0.25, -0.2) is 4.79 Å². The van der Waals surface area contributed by atoms with Gasteiger partial charge >= 0.3 is 5.97 Å². The van der Waals surface area contributed by atoms with Crippen LogP contribution in [0.1, 0.15) is 80.1 Å². The van der Waals surface area contributed by atoms with Gasteiger partial charge in [0, 0.05) is 18.7 Å². The number of likely N-dealkylation sites (N-methyl/N-ethyl adjacent to an activating group) is 1. The first-order valence-electron chi connectivity index (χ1n) is 12.1. The van der Waals surface area contributed by atoms with Gasteiger partial charge in [0.25, 0.3) is 0 Å². The lowest BCUT2D eigenvalue weighted by molar-refractivity contribution is -0.142. The van der Waals surface area contributed by atoms with E-state index in [4.69, 9.17) is 0 Å². The van der Waals surface area contributed by atoms with E-state index in [0.29, 0.717) is 6.04 Å². The molecule has 7 nitrogen and oxygen atoms in total. The van der Waals surface area contributed by atoms with Crippen LogP contribution in [0.2, 0.25) is 0 Å². The molecule has 0 aromatic rings. The maximum Gasteiger partial charge on any atom is 0.331 e. The van der Waals surface area contributed by atoms with Gasteiger partial charge in [0.1, 0.15) is 6.04 Å². The van der Waals surface area contributed by atoms with Crippen molar-refractivity contribution in [2.75, 3.05) is 13.6 Å². The standard InChI is InChI=1S/C25H43N3O4/c1-16(2)20(15-17(3)24(31)32)27(7)23(30)21(25(4,5)6)26-22(29)19-13-8-9-14-28(19)18-11-10-12-18/h15-16,18-21H,8-14H2,1-7H3,(H,26,29)(H,31,32)/t19-,20-,21-/m1/s1. The Balaban J connectivity index is 2.22. The van der Waals surface area contributed by atoms with Crippen molar-refractivity contribution in [1.82, 2.24) is 15.1 Å². The molecule has 2 aliphatic rings. The van der Waals surface area contributed by atoms with Crippen molar-refractivity contribution in [2.45, 2.75) is 104 Å². The number of carbonyl (C=O) groups is 3. The van der Waals surface area contributed by atoms with Gasteiger partial charge in [-0.1, -0.05) is 53.5 Å². The zero-order chi connectivity index (χ0) is 24.2. The van der Waals surface area contributed by atoms with E-state index in [0.717, 1.165) is 38.6 Å². The third kappa shape index (κ3) is 6.33. The smallest absolute Gasteiger partial charge is 0.331 e. The van der Waals surface area contributed by atoms with Gasteiger partial charge in [-0.3, -0.25) is 14.5 Å². The lowest BCUT2D eigenvalue weighted by Crippen LogP contribution is -2.61. The molecule has 2 amide bonds.